The maximum Gasteiger partial charge on any atom is 0.132 e. The van der Waals surface area contributed by atoms with Crippen molar-refractivity contribution >= 4 is 11.8 Å². The molecule has 0 saturated heterocycles. The molecule has 0 aromatic heterocycles. The lowest BCUT2D eigenvalue weighted by molar-refractivity contribution is 0.123. The standard InChI is InChI=1S/C14H23NO2S/c1-10(2)12(16)9-15-8-11-5-6-13(17-3)14(7-11)18-4/h5-7,10,12,15-16H,8-9H2,1-4H3. The van der Waals surface area contributed by atoms with E-state index in [-0.39, 0.29) is 12.0 Å². The number of ether oxygens (including phenoxy) is 1. The molecule has 0 amide bonds. The van der Waals surface area contributed by atoms with E-state index in [4.69, 9.17) is 4.74 Å². The monoisotopic (exact) mass is 269 g/mol. The van der Waals surface area contributed by atoms with E-state index in [2.05, 4.69) is 11.4 Å². The van der Waals surface area contributed by atoms with Crippen LogP contribution in [0.1, 0.15) is 19.4 Å². The van der Waals surface area contributed by atoms with E-state index in [1.54, 1.807) is 18.9 Å². The van der Waals surface area contributed by atoms with Crippen LogP contribution in [0.4, 0.5) is 0 Å². The van der Waals surface area contributed by atoms with Gasteiger partial charge in [0.2, 0.25) is 0 Å². The van der Waals surface area contributed by atoms with E-state index in [9.17, 15) is 5.11 Å². The minimum Gasteiger partial charge on any atom is -0.496 e. The smallest absolute Gasteiger partial charge is 0.132 e. The second-order valence-electron chi connectivity index (χ2n) is 4.63. The van der Waals surface area contributed by atoms with Crippen LogP contribution in [0.15, 0.2) is 23.1 Å². The predicted octanol–water partition coefficient (Wildman–Crippen LogP) is 2.52. The van der Waals surface area contributed by atoms with E-state index in [0.717, 1.165) is 17.2 Å². The van der Waals surface area contributed by atoms with Gasteiger partial charge in [0.15, 0.2) is 0 Å². The molecular weight excluding hydrogens is 246 g/mol. The molecule has 18 heavy (non-hydrogen) atoms. The number of rotatable bonds is 7. The topological polar surface area (TPSA) is 41.5 Å². The van der Waals surface area contributed by atoms with Gasteiger partial charge in [-0.05, 0) is 29.9 Å². The molecule has 4 heteroatoms. The van der Waals surface area contributed by atoms with E-state index in [1.165, 1.54) is 5.56 Å². The van der Waals surface area contributed by atoms with Gasteiger partial charge in [0.1, 0.15) is 5.75 Å². The van der Waals surface area contributed by atoms with Gasteiger partial charge in [-0.2, -0.15) is 0 Å². The maximum absolute atomic E-state index is 9.70. The highest BCUT2D eigenvalue weighted by molar-refractivity contribution is 7.98. The minimum atomic E-state index is -0.289. The summed E-state index contributed by atoms with van der Waals surface area (Å²) in [6.45, 7) is 5.43. The summed E-state index contributed by atoms with van der Waals surface area (Å²) in [5.74, 6) is 1.20. The summed E-state index contributed by atoms with van der Waals surface area (Å²) in [5, 5.41) is 13.0. The molecule has 0 bridgehead atoms. The van der Waals surface area contributed by atoms with Gasteiger partial charge in [0, 0.05) is 18.0 Å². The van der Waals surface area contributed by atoms with Crippen LogP contribution in [0.3, 0.4) is 0 Å². The minimum absolute atomic E-state index is 0.287. The summed E-state index contributed by atoms with van der Waals surface area (Å²) in [6, 6.07) is 6.16. The van der Waals surface area contributed by atoms with Gasteiger partial charge in [-0.25, -0.2) is 0 Å². The highest BCUT2D eigenvalue weighted by atomic mass is 32.2. The van der Waals surface area contributed by atoms with Crippen molar-refractivity contribution in [2.24, 2.45) is 5.92 Å². The van der Waals surface area contributed by atoms with Crippen molar-refractivity contribution in [3.05, 3.63) is 23.8 Å². The van der Waals surface area contributed by atoms with E-state index in [1.807, 2.05) is 32.2 Å². The molecular formula is C14H23NO2S. The molecule has 2 N–H and O–H groups in total. The fraction of sp³-hybridized carbons (Fsp3) is 0.571. The van der Waals surface area contributed by atoms with Crippen LogP contribution in [0.25, 0.3) is 0 Å². The number of nitrogens with one attached hydrogen (secondary N) is 1. The van der Waals surface area contributed by atoms with Gasteiger partial charge >= 0.3 is 0 Å². The lowest BCUT2D eigenvalue weighted by atomic mass is 10.1. The van der Waals surface area contributed by atoms with Crippen LogP contribution >= 0.6 is 11.8 Å². The maximum atomic E-state index is 9.70. The van der Waals surface area contributed by atoms with E-state index < -0.39 is 0 Å². The molecule has 0 fully saturated rings. The predicted molar refractivity (Wildman–Crippen MR) is 77.3 cm³/mol. The van der Waals surface area contributed by atoms with E-state index >= 15 is 0 Å². The van der Waals surface area contributed by atoms with Crippen molar-refractivity contribution in [2.75, 3.05) is 19.9 Å². The summed E-state index contributed by atoms with van der Waals surface area (Å²) in [6.07, 6.45) is 1.75. The van der Waals surface area contributed by atoms with Crippen molar-refractivity contribution in [2.45, 2.75) is 31.4 Å². The van der Waals surface area contributed by atoms with Crippen molar-refractivity contribution in [3.8, 4) is 5.75 Å². The fourth-order valence-electron chi connectivity index (χ4n) is 1.59. The molecule has 0 heterocycles. The van der Waals surface area contributed by atoms with Crippen molar-refractivity contribution < 1.29 is 9.84 Å². The lowest BCUT2D eigenvalue weighted by Gasteiger charge is -2.15. The molecule has 1 aromatic carbocycles. The lowest BCUT2D eigenvalue weighted by Crippen LogP contribution is -2.30. The van der Waals surface area contributed by atoms with Gasteiger partial charge in [-0.3, -0.25) is 0 Å². The molecule has 0 aliphatic carbocycles. The number of aliphatic hydroxyl groups is 1. The molecule has 0 saturated carbocycles. The third-order valence-electron chi connectivity index (χ3n) is 2.90. The van der Waals surface area contributed by atoms with Gasteiger partial charge in [-0.15, -0.1) is 11.8 Å². The molecule has 3 nitrogen and oxygen atoms in total. The highest BCUT2D eigenvalue weighted by Gasteiger charge is 2.08. The summed E-state index contributed by atoms with van der Waals surface area (Å²) < 4.78 is 5.28. The Morgan fingerprint density at radius 3 is 2.67 bits per heavy atom. The van der Waals surface area contributed by atoms with Crippen LogP contribution in [-0.4, -0.2) is 31.1 Å². The first-order chi connectivity index (χ1) is 8.58. The zero-order valence-corrected chi connectivity index (χ0v) is 12.4. The van der Waals surface area contributed by atoms with E-state index in [0.29, 0.717) is 6.54 Å². The van der Waals surface area contributed by atoms with Crippen LogP contribution < -0.4 is 10.1 Å². The third kappa shape index (κ3) is 4.52. The molecule has 1 aromatic rings. The van der Waals surface area contributed by atoms with Gasteiger partial charge in [0.05, 0.1) is 13.2 Å². The Kier molecular flexibility index (Phi) is 6.54. The van der Waals surface area contributed by atoms with Gasteiger partial charge in [-0.1, -0.05) is 19.9 Å². The number of thioether (sulfide) groups is 1. The Labute approximate surface area is 114 Å². The molecule has 1 rings (SSSR count). The molecule has 0 aliphatic heterocycles. The van der Waals surface area contributed by atoms with Crippen LogP contribution in [0.2, 0.25) is 0 Å². The number of methoxy groups -OCH3 is 1. The average molecular weight is 269 g/mol. The van der Waals surface area contributed by atoms with Crippen molar-refractivity contribution in [1.82, 2.24) is 5.32 Å². The fourth-order valence-corrected chi connectivity index (χ4v) is 2.21. The first-order valence-electron chi connectivity index (χ1n) is 6.18. The third-order valence-corrected chi connectivity index (χ3v) is 3.66. The zero-order chi connectivity index (χ0) is 13.5. The Morgan fingerprint density at radius 1 is 1.39 bits per heavy atom. The van der Waals surface area contributed by atoms with Crippen LogP contribution in [0.5, 0.6) is 5.75 Å². The molecule has 0 spiro atoms. The second kappa shape index (κ2) is 7.67. The summed E-state index contributed by atoms with van der Waals surface area (Å²) in [5.41, 5.74) is 1.20. The Bertz CT molecular complexity index is 369. The summed E-state index contributed by atoms with van der Waals surface area (Å²) in [4.78, 5) is 1.14. The van der Waals surface area contributed by atoms with Gasteiger partial charge < -0.3 is 15.2 Å². The number of aliphatic hydroxyl groups excluding tert-OH is 1. The van der Waals surface area contributed by atoms with Gasteiger partial charge in [0.25, 0.3) is 0 Å². The Balaban J connectivity index is 2.53. The van der Waals surface area contributed by atoms with Crippen LogP contribution in [0, 0.1) is 5.92 Å². The molecule has 0 aliphatic rings. The quantitative estimate of drug-likeness (QED) is 0.746. The molecule has 0 radical (unpaired) electrons. The Hall–Kier alpha value is -0.710. The molecule has 1 atom stereocenters. The largest absolute Gasteiger partial charge is 0.496 e. The van der Waals surface area contributed by atoms with Crippen molar-refractivity contribution in [3.63, 3.8) is 0 Å². The van der Waals surface area contributed by atoms with Crippen LogP contribution in [-0.2, 0) is 6.54 Å². The molecule has 102 valence electrons. The molecule has 1 unspecified atom stereocenters. The summed E-state index contributed by atoms with van der Waals surface area (Å²) >= 11 is 1.68. The average Bonchev–Trinajstić information content (AvgIpc) is 2.38. The first kappa shape index (κ1) is 15.3. The number of hydrogen-bond donors (Lipinski definition) is 2. The highest BCUT2D eigenvalue weighted by Crippen LogP contribution is 2.28. The SMILES string of the molecule is COc1ccc(CNCC(O)C(C)C)cc1SC. The first-order valence-corrected chi connectivity index (χ1v) is 7.40. The van der Waals surface area contributed by atoms with Crippen molar-refractivity contribution in [1.29, 1.82) is 0 Å². The number of benzene rings is 1. The normalized spacial score (nSPS) is 12.8. The zero-order valence-electron chi connectivity index (χ0n) is 11.6. The Morgan fingerprint density at radius 2 is 2.11 bits per heavy atom. The second-order valence-corrected chi connectivity index (χ2v) is 5.48. The number of hydrogen-bond acceptors (Lipinski definition) is 4. The summed E-state index contributed by atoms with van der Waals surface area (Å²) in [7, 11) is 1.69.